The van der Waals surface area contributed by atoms with Crippen molar-refractivity contribution in [1.82, 2.24) is 13.9 Å². The number of pyridine rings is 1. The van der Waals surface area contributed by atoms with Crippen LogP contribution in [0.25, 0.3) is 11.0 Å². The van der Waals surface area contributed by atoms with E-state index in [1.54, 1.807) is 35.0 Å². The lowest BCUT2D eigenvalue weighted by atomic mass is 9.90. The van der Waals surface area contributed by atoms with Gasteiger partial charge in [-0.25, -0.2) is 13.4 Å². The van der Waals surface area contributed by atoms with E-state index in [2.05, 4.69) is 4.98 Å². The Balaban J connectivity index is 1.28. The summed E-state index contributed by atoms with van der Waals surface area (Å²) < 4.78 is 35.2. The molecule has 0 unspecified atom stereocenters. The molecule has 1 aliphatic heterocycles. The monoisotopic (exact) mass is 469 g/mol. The summed E-state index contributed by atoms with van der Waals surface area (Å²) in [6.07, 6.45) is 7.27. The van der Waals surface area contributed by atoms with E-state index in [4.69, 9.17) is 4.74 Å². The largest absolute Gasteiger partial charge is 0.493 e. The summed E-state index contributed by atoms with van der Waals surface area (Å²) in [7, 11) is -3.57. The molecule has 0 bridgehead atoms. The molecule has 0 amide bonds. The summed E-state index contributed by atoms with van der Waals surface area (Å²) in [6, 6.07) is 10.5. The summed E-state index contributed by atoms with van der Waals surface area (Å²) in [5.74, 6) is 0.569. The number of aromatic nitrogens is 2. The second-order valence-corrected chi connectivity index (χ2v) is 10.8. The molecule has 1 aliphatic carbocycles. The summed E-state index contributed by atoms with van der Waals surface area (Å²) in [5, 5.41) is 10.2. The van der Waals surface area contributed by atoms with Gasteiger partial charge in [0.1, 0.15) is 17.9 Å². The average molecular weight is 470 g/mol. The number of aliphatic carboxylic acids is 1. The Hall–Kier alpha value is -2.91. The molecule has 8 nitrogen and oxygen atoms in total. The number of carboxylic acids is 1. The van der Waals surface area contributed by atoms with E-state index >= 15 is 0 Å². The summed E-state index contributed by atoms with van der Waals surface area (Å²) >= 11 is 0. The molecule has 3 aromatic rings. The molecule has 33 heavy (non-hydrogen) atoms. The van der Waals surface area contributed by atoms with Crippen LogP contribution in [0.3, 0.4) is 0 Å². The molecular weight excluding hydrogens is 442 g/mol. The normalized spacial score (nSPS) is 17.9. The first kappa shape index (κ1) is 21.9. The zero-order chi connectivity index (χ0) is 23.0. The zero-order valence-corrected chi connectivity index (χ0v) is 19.1. The molecule has 3 heterocycles. The molecule has 1 saturated carbocycles. The molecule has 0 spiro atoms. The number of fused-ring (bicyclic) bond motifs is 1. The van der Waals surface area contributed by atoms with Crippen molar-refractivity contribution < 1.29 is 23.1 Å². The van der Waals surface area contributed by atoms with Gasteiger partial charge in [-0.05, 0) is 79.5 Å². The first-order chi connectivity index (χ1) is 15.9. The van der Waals surface area contributed by atoms with E-state index in [0.717, 1.165) is 10.9 Å². The van der Waals surface area contributed by atoms with Crippen LogP contribution in [-0.2, 0) is 21.4 Å². The van der Waals surface area contributed by atoms with Crippen molar-refractivity contribution in [2.24, 2.45) is 5.92 Å². The van der Waals surface area contributed by atoms with Crippen LogP contribution in [-0.4, -0.2) is 53.0 Å². The van der Waals surface area contributed by atoms with E-state index in [9.17, 15) is 18.3 Å². The summed E-state index contributed by atoms with van der Waals surface area (Å²) in [6.45, 7) is 1.37. The van der Waals surface area contributed by atoms with E-state index in [1.807, 2.05) is 18.3 Å². The van der Waals surface area contributed by atoms with Crippen molar-refractivity contribution in [2.75, 3.05) is 19.7 Å². The Kier molecular flexibility index (Phi) is 5.84. The minimum atomic E-state index is -3.57. The van der Waals surface area contributed by atoms with Gasteiger partial charge in [0.25, 0.3) is 0 Å². The molecule has 0 atom stereocenters. The van der Waals surface area contributed by atoms with Gasteiger partial charge in [-0.15, -0.1) is 0 Å². The molecule has 174 valence electrons. The number of hydrogen-bond donors (Lipinski definition) is 1. The number of rotatable bonds is 8. The van der Waals surface area contributed by atoms with Crippen molar-refractivity contribution in [3.63, 3.8) is 0 Å². The predicted octanol–water partition coefficient (Wildman–Crippen LogP) is 3.48. The molecule has 1 saturated heterocycles. The van der Waals surface area contributed by atoms with Crippen molar-refractivity contribution in [3.8, 4) is 5.75 Å². The van der Waals surface area contributed by atoms with Crippen molar-refractivity contribution >= 4 is 27.0 Å². The number of nitrogens with zero attached hydrogens (tertiary/aromatic N) is 3. The number of ether oxygens (including phenoxy) is 1. The van der Waals surface area contributed by atoms with E-state index in [-0.39, 0.29) is 17.4 Å². The highest BCUT2D eigenvalue weighted by atomic mass is 32.2. The van der Waals surface area contributed by atoms with Crippen LogP contribution < -0.4 is 4.74 Å². The topological polar surface area (TPSA) is 102 Å². The van der Waals surface area contributed by atoms with Gasteiger partial charge in [0.15, 0.2) is 0 Å². The Morgan fingerprint density at radius 2 is 1.82 bits per heavy atom. The highest BCUT2D eigenvalue weighted by molar-refractivity contribution is 7.89. The van der Waals surface area contributed by atoms with Gasteiger partial charge in [0, 0.05) is 30.9 Å². The molecule has 0 radical (unpaired) electrons. The smallest absolute Gasteiger partial charge is 0.323 e. The molecule has 2 fully saturated rings. The second-order valence-electron chi connectivity index (χ2n) is 8.88. The van der Waals surface area contributed by atoms with Gasteiger partial charge in [-0.2, -0.15) is 4.31 Å². The maximum absolute atomic E-state index is 13.2. The SMILES string of the molecule is O=C(O)Cn1cc(C2CCN(S(=O)(=O)c3ccc(OCC4CC4)cc3)CC2)c2cccnc21. The number of benzene rings is 1. The Labute approximate surface area is 192 Å². The van der Waals surface area contributed by atoms with Gasteiger partial charge >= 0.3 is 5.97 Å². The Morgan fingerprint density at radius 3 is 2.48 bits per heavy atom. The lowest BCUT2D eigenvalue weighted by Crippen LogP contribution is -2.37. The highest BCUT2D eigenvalue weighted by Crippen LogP contribution is 2.35. The molecule has 9 heteroatoms. The van der Waals surface area contributed by atoms with Gasteiger partial charge in [-0.1, -0.05) is 0 Å². The molecule has 2 aliphatic rings. The standard InChI is InChI=1S/C24H27N3O5S/c28-23(29)15-26-14-22(21-2-1-11-25-24(21)26)18-9-12-27(13-10-18)33(30,31)20-7-5-19(6-8-20)32-16-17-3-4-17/h1-2,5-8,11,14,17-18H,3-4,9-10,12-13,15-16H2,(H,28,29). The van der Waals surface area contributed by atoms with Gasteiger partial charge < -0.3 is 14.4 Å². The molecule has 5 rings (SSSR count). The van der Waals surface area contributed by atoms with Crippen LogP contribution in [0, 0.1) is 5.92 Å². The highest BCUT2D eigenvalue weighted by Gasteiger charge is 2.31. The van der Waals surface area contributed by atoms with E-state index < -0.39 is 16.0 Å². The quantitative estimate of drug-likeness (QED) is 0.542. The third kappa shape index (κ3) is 4.60. The minimum absolute atomic E-state index is 0.149. The minimum Gasteiger partial charge on any atom is -0.493 e. The number of piperidine rings is 1. The lowest BCUT2D eigenvalue weighted by Gasteiger charge is -2.31. The van der Waals surface area contributed by atoms with Crippen LogP contribution in [0.4, 0.5) is 0 Å². The van der Waals surface area contributed by atoms with Crippen LogP contribution in [0.2, 0.25) is 0 Å². The van der Waals surface area contributed by atoms with Crippen LogP contribution in [0.1, 0.15) is 37.2 Å². The fourth-order valence-electron chi connectivity index (χ4n) is 4.50. The number of sulfonamides is 1. The maximum Gasteiger partial charge on any atom is 0.323 e. The van der Waals surface area contributed by atoms with E-state index in [0.29, 0.717) is 49.9 Å². The summed E-state index contributed by atoms with van der Waals surface area (Å²) in [4.78, 5) is 15.9. The first-order valence-corrected chi connectivity index (χ1v) is 12.7. The Morgan fingerprint density at radius 1 is 1.09 bits per heavy atom. The third-order valence-corrected chi connectivity index (χ3v) is 8.42. The van der Waals surface area contributed by atoms with Crippen LogP contribution in [0.15, 0.2) is 53.7 Å². The fraction of sp³-hybridized carbons (Fsp3) is 0.417. The van der Waals surface area contributed by atoms with Crippen molar-refractivity contribution in [3.05, 3.63) is 54.4 Å². The average Bonchev–Trinajstić information content (AvgIpc) is 3.59. The Bertz CT molecular complexity index is 1260. The lowest BCUT2D eigenvalue weighted by molar-refractivity contribution is -0.137. The molecule has 1 N–H and O–H groups in total. The first-order valence-electron chi connectivity index (χ1n) is 11.3. The van der Waals surface area contributed by atoms with Gasteiger partial charge in [-0.3, -0.25) is 4.79 Å². The van der Waals surface area contributed by atoms with Crippen LogP contribution >= 0.6 is 0 Å². The zero-order valence-electron chi connectivity index (χ0n) is 18.3. The van der Waals surface area contributed by atoms with Gasteiger partial charge in [0.2, 0.25) is 10.0 Å². The third-order valence-electron chi connectivity index (χ3n) is 6.51. The second kappa shape index (κ2) is 8.79. The molecular formula is C24H27N3O5S. The number of carbonyl (C=O) groups is 1. The van der Waals surface area contributed by atoms with Crippen molar-refractivity contribution in [1.29, 1.82) is 0 Å². The number of carboxylic acid groups (broad SMARTS) is 1. The fourth-order valence-corrected chi connectivity index (χ4v) is 5.97. The predicted molar refractivity (Wildman–Crippen MR) is 123 cm³/mol. The maximum atomic E-state index is 13.2. The van der Waals surface area contributed by atoms with Crippen LogP contribution in [0.5, 0.6) is 5.75 Å². The van der Waals surface area contributed by atoms with Crippen molar-refractivity contribution in [2.45, 2.75) is 43.0 Å². The van der Waals surface area contributed by atoms with Gasteiger partial charge in [0.05, 0.1) is 11.5 Å². The molecule has 2 aromatic heterocycles. The number of hydrogen-bond acceptors (Lipinski definition) is 5. The van der Waals surface area contributed by atoms with E-state index in [1.165, 1.54) is 17.1 Å². The summed E-state index contributed by atoms with van der Waals surface area (Å²) in [5.41, 5.74) is 1.68. The molecule has 1 aromatic carbocycles.